The largest absolute Gasteiger partial charge is 0.506 e. The van der Waals surface area contributed by atoms with Gasteiger partial charge in [-0.25, -0.2) is 0 Å². The number of rotatable bonds is 4. The molecule has 0 fully saturated rings. The lowest BCUT2D eigenvalue weighted by molar-refractivity contribution is 0.0879. The van der Waals surface area contributed by atoms with Crippen LogP contribution < -0.4 is 11.1 Å². The first-order chi connectivity index (χ1) is 7.58. The molecule has 0 aliphatic heterocycles. The van der Waals surface area contributed by atoms with Gasteiger partial charge >= 0.3 is 0 Å². The van der Waals surface area contributed by atoms with E-state index < -0.39 is 11.9 Å². The summed E-state index contributed by atoms with van der Waals surface area (Å²) >= 11 is 0. The topological polar surface area (TPSA) is 116 Å². The van der Waals surface area contributed by atoms with Gasteiger partial charge in [0.25, 0.3) is 5.91 Å². The zero-order valence-electron chi connectivity index (χ0n) is 8.55. The molecule has 88 valence electrons. The highest BCUT2D eigenvalue weighted by Crippen LogP contribution is 2.20. The molecule has 0 spiro atoms. The first-order valence-corrected chi connectivity index (χ1v) is 4.69. The van der Waals surface area contributed by atoms with Crippen molar-refractivity contribution in [2.45, 2.75) is 6.04 Å². The Hall–Kier alpha value is -1.79. The monoisotopic (exact) mass is 226 g/mol. The van der Waals surface area contributed by atoms with Gasteiger partial charge in [0.1, 0.15) is 5.75 Å². The average Bonchev–Trinajstić information content (AvgIpc) is 2.29. The minimum absolute atomic E-state index is 0.178. The van der Waals surface area contributed by atoms with Crippen LogP contribution in [-0.2, 0) is 0 Å². The fourth-order valence-electron chi connectivity index (χ4n) is 1.10. The molecule has 0 unspecified atom stereocenters. The van der Waals surface area contributed by atoms with E-state index in [1.54, 1.807) is 0 Å². The summed E-state index contributed by atoms with van der Waals surface area (Å²) < 4.78 is 0. The highest BCUT2D eigenvalue weighted by Gasteiger charge is 2.12. The number of amides is 1. The van der Waals surface area contributed by atoms with E-state index in [4.69, 9.17) is 15.9 Å². The molecule has 1 rings (SSSR count). The molecule has 0 aliphatic rings. The zero-order valence-corrected chi connectivity index (χ0v) is 8.55. The summed E-state index contributed by atoms with van der Waals surface area (Å²) in [6.45, 7) is -0.716. The second kappa shape index (κ2) is 5.34. The molecule has 16 heavy (non-hydrogen) atoms. The number of carbonyl (C=O) groups excluding carboxylic acids is 1. The second-order valence-electron chi connectivity index (χ2n) is 3.31. The number of anilines is 1. The van der Waals surface area contributed by atoms with Crippen LogP contribution in [0.4, 0.5) is 5.69 Å². The molecule has 1 aromatic rings. The summed E-state index contributed by atoms with van der Waals surface area (Å²) in [6.07, 6.45) is 0. The van der Waals surface area contributed by atoms with Gasteiger partial charge in [0.05, 0.1) is 24.9 Å². The molecule has 0 aromatic heterocycles. The Morgan fingerprint density at radius 3 is 2.50 bits per heavy atom. The van der Waals surface area contributed by atoms with Crippen molar-refractivity contribution >= 4 is 11.6 Å². The van der Waals surface area contributed by atoms with E-state index in [1.807, 2.05) is 0 Å². The van der Waals surface area contributed by atoms with Crippen LogP contribution in [0.5, 0.6) is 5.75 Å². The van der Waals surface area contributed by atoms with Crippen LogP contribution >= 0.6 is 0 Å². The number of hydrogen-bond acceptors (Lipinski definition) is 5. The van der Waals surface area contributed by atoms with Crippen LogP contribution in [0, 0.1) is 0 Å². The molecule has 6 N–H and O–H groups in total. The fraction of sp³-hybridized carbons (Fsp3) is 0.300. The molecule has 6 nitrogen and oxygen atoms in total. The predicted octanol–water partition coefficient (Wildman–Crippen LogP) is -0.943. The van der Waals surface area contributed by atoms with Crippen molar-refractivity contribution in [3.05, 3.63) is 23.8 Å². The number of nitrogens with two attached hydrogens (primary N) is 1. The zero-order chi connectivity index (χ0) is 12.1. The van der Waals surface area contributed by atoms with Gasteiger partial charge in [0, 0.05) is 5.56 Å². The Balaban J connectivity index is 2.76. The number of aliphatic hydroxyl groups is 2. The summed E-state index contributed by atoms with van der Waals surface area (Å²) in [4.78, 5) is 11.6. The maximum atomic E-state index is 11.6. The average molecular weight is 226 g/mol. The summed E-state index contributed by atoms with van der Waals surface area (Å²) in [5.74, 6) is -0.680. The van der Waals surface area contributed by atoms with Gasteiger partial charge in [-0.1, -0.05) is 0 Å². The van der Waals surface area contributed by atoms with E-state index in [-0.39, 0.29) is 30.2 Å². The molecule has 0 aliphatic carbocycles. The van der Waals surface area contributed by atoms with Crippen molar-refractivity contribution in [2.24, 2.45) is 0 Å². The number of phenols is 1. The van der Waals surface area contributed by atoms with Gasteiger partial charge in [-0.3, -0.25) is 4.79 Å². The standard InChI is InChI=1S/C10H14N2O4/c11-8-2-1-6(3-9(8)15)10(16)12-7(4-13)5-14/h1-3,7,13-15H,4-5,11H2,(H,12,16). The molecular weight excluding hydrogens is 212 g/mol. The molecule has 0 atom stereocenters. The Kier molecular flexibility index (Phi) is 4.10. The van der Waals surface area contributed by atoms with Crippen LogP contribution in [0.1, 0.15) is 10.4 Å². The van der Waals surface area contributed by atoms with Gasteiger partial charge in [-0.15, -0.1) is 0 Å². The van der Waals surface area contributed by atoms with Crippen molar-refractivity contribution in [3.8, 4) is 5.75 Å². The number of hydrogen-bond donors (Lipinski definition) is 5. The molecule has 0 saturated carbocycles. The number of benzene rings is 1. The summed E-state index contributed by atoms with van der Waals surface area (Å²) in [6, 6.07) is 3.34. The lowest BCUT2D eigenvalue weighted by Crippen LogP contribution is -2.40. The fourth-order valence-corrected chi connectivity index (χ4v) is 1.10. The summed E-state index contributed by atoms with van der Waals surface area (Å²) in [5, 5.41) is 29.2. The van der Waals surface area contributed by atoms with E-state index >= 15 is 0 Å². The van der Waals surface area contributed by atoms with Gasteiger partial charge in [-0.2, -0.15) is 0 Å². The maximum absolute atomic E-state index is 11.6. The minimum atomic E-state index is -0.716. The molecule has 6 heteroatoms. The van der Waals surface area contributed by atoms with Gasteiger partial charge in [0.15, 0.2) is 0 Å². The van der Waals surface area contributed by atoms with Gasteiger partial charge in [0.2, 0.25) is 0 Å². The summed E-state index contributed by atoms with van der Waals surface area (Å²) in [7, 11) is 0. The molecule has 0 heterocycles. The number of carbonyl (C=O) groups is 1. The van der Waals surface area contributed by atoms with Crippen molar-refractivity contribution in [3.63, 3.8) is 0 Å². The SMILES string of the molecule is Nc1ccc(C(=O)NC(CO)CO)cc1O. The summed E-state index contributed by atoms with van der Waals surface area (Å²) in [5.41, 5.74) is 5.77. The first kappa shape index (κ1) is 12.3. The van der Waals surface area contributed by atoms with Crippen molar-refractivity contribution in [1.82, 2.24) is 5.32 Å². The number of aliphatic hydroxyl groups excluding tert-OH is 2. The Morgan fingerprint density at radius 2 is 2.00 bits per heavy atom. The molecule has 0 radical (unpaired) electrons. The van der Waals surface area contributed by atoms with E-state index in [0.717, 1.165) is 0 Å². The third-order valence-electron chi connectivity index (χ3n) is 2.07. The predicted molar refractivity (Wildman–Crippen MR) is 57.9 cm³/mol. The van der Waals surface area contributed by atoms with Crippen molar-refractivity contribution in [2.75, 3.05) is 18.9 Å². The Labute approximate surface area is 92.3 Å². The lowest BCUT2D eigenvalue weighted by atomic mass is 10.1. The normalized spacial score (nSPS) is 10.4. The van der Waals surface area contributed by atoms with E-state index in [2.05, 4.69) is 5.32 Å². The maximum Gasteiger partial charge on any atom is 0.251 e. The van der Waals surface area contributed by atoms with Crippen LogP contribution in [0.25, 0.3) is 0 Å². The molecular formula is C10H14N2O4. The van der Waals surface area contributed by atoms with Crippen LogP contribution in [-0.4, -0.2) is 40.5 Å². The number of nitrogen functional groups attached to an aromatic ring is 1. The molecule has 1 amide bonds. The third kappa shape index (κ3) is 2.85. The molecule has 1 aromatic carbocycles. The lowest BCUT2D eigenvalue weighted by Gasteiger charge is -2.13. The molecule has 0 saturated heterocycles. The van der Waals surface area contributed by atoms with E-state index in [1.165, 1.54) is 18.2 Å². The quantitative estimate of drug-likeness (QED) is 0.335. The van der Waals surface area contributed by atoms with E-state index in [9.17, 15) is 9.90 Å². The smallest absolute Gasteiger partial charge is 0.251 e. The van der Waals surface area contributed by atoms with Gasteiger partial charge < -0.3 is 26.4 Å². The molecule has 0 bridgehead atoms. The number of aromatic hydroxyl groups is 1. The van der Waals surface area contributed by atoms with Crippen LogP contribution in [0.15, 0.2) is 18.2 Å². The minimum Gasteiger partial charge on any atom is -0.506 e. The third-order valence-corrected chi connectivity index (χ3v) is 2.07. The van der Waals surface area contributed by atoms with Gasteiger partial charge in [-0.05, 0) is 18.2 Å². The number of phenolic OH excluding ortho intramolecular Hbond substituents is 1. The van der Waals surface area contributed by atoms with Crippen molar-refractivity contribution in [1.29, 1.82) is 0 Å². The second-order valence-corrected chi connectivity index (χ2v) is 3.31. The number of nitrogens with one attached hydrogen (secondary N) is 1. The highest BCUT2D eigenvalue weighted by molar-refractivity contribution is 5.95. The first-order valence-electron chi connectivity index (χ1n) is 4.69. The van der Waals surface area contributed by atoms with E-state index in [0.29, 0.717) is 0 Å². The Bertz CT molecular complexity index is 377. The van der Waals surface area contributed by atoms with Crippen LogP contribution in [0.2, 0.25) is 0 Å². The van der Waals surface area contributed by atoms with Crippen LogP contribution in [0.3, 0.4) is 0 Å². The Morgan fingerprint density at radius 1 is 1.38 bits per heavy atom. The van der Waals surface area contributed by atoms with Crippen molar-refractivity contribution < 1.29 is 20.1 Å². The highest BCUT2D eigenvalue weighted by atomic mass is 16.3.